The molecular formula is C13H12ClNO4S. The Morgan fingerprint density at radius 3 is 2.70 bits per heavy atom. The molecule has 0 atom stereocenters. The number of imide groups is 1. The van der Waals surface area contributed by atoms with Crippen LogP contribution in [0.4, 0.5) is 4.79 Å². The van der Waals surface area contributed by atoms with Gasteiger partial charge in [0.1, 0.15) is 0 Å². The molecule has 1 aliphatic heterocycles. The van der Waals surface area contributed by atoms with Crippen LogP contribution >= 0.6 is 23.4 Å². The molecule has 1 aliphatic rings. The summed E-state index contributed by atoms with van der Waals surface area (Å²) in [6.45, 7) is 2.31. The molecule has 1 N–H and O–H groups in total. The SMILES string of the molecule is CCOc1c(Cl)cc(/C=C2\SC(=O)NC2=O)cc1OC. The largest absolute Gasteiger partial charge is 0.493 e. The number of ether oxygens (including phenoxy) is 2. The topological polar surface area (TPSA) is 64.6 Å². The number of carbonyl (C=O) groups is 2. The van der Waals surface area contributed by atoms with Crippen molar-refractivity contribution in [2.24, 2.45) is 0 Å². The molecule has 0 spiro atoms. The number of hydrogen-bond donors (Lipinski definition) is 1. The van der Waals surface area contributed by atoms with Crippen molar-refractivity contribution in [1.29, 1.82) is 0 Å². The van der Waals surface area contributed by atoms with Crippen LogP contribution in [0.5, 0.6) is 11.5 Å². The van der Waals surface area contributed by atoms with Gasteiger partial charge in [-0.2, -0.15) is 0 Å². The van der Waals surface area contributed by atoms with Crippen LogP contribution in [0, 0.1) is 0 Å². The van der Waals surface area contributed by atoms with E-state index >= 15 is 0 Å². The van der Waals surface area contributed by atoms with Crippen LogP contribution < -0.4 is 14.8 Å². The van der Waals surface area contributed by atoms with Gasteiger partial charge in [0, 0.05) is 0 Å². The predicted octanol–water partition coefficient (Wildman–Crippen LogP) is 3.07. The Labute approximate surface area is 125 Å². The highest BCUT2D eigenvalue weighted by molar-refractivity contribution is 8.18. The van der Waals surface area contributed by atoms with Gasteiger partial charge in [0.2, 0.25) is 0 Å². The van der Waals surface area contributed by atoms with Gasteiger partial charge in [-0.25, -0.2) is 0 Å². The van der Waals surface area contributed by atoms with Crippen molar-refractivity contribution >= 4 is 40.6 Å². The molecule has 0 saturated carbocycles. The normalized spacial score (nSPS) is 16.4. The summed E-state index contributed by atoms with van der Waals surface area (Å²) >= 11 is 6.98. The fourth-order valence-electron chi connectivity index (χ4n) is 1.68. The maximum Gasteiger partial charge on any atom is 0.290 e. The molecule has 0 radical (unpaired) electrons. The van der Waals surface area contributed by atoms with E-state index in [0.717, 1.165) is 11.8 Å². The molecule has 1 heterocycles. The summed E-state index contributed by atoms with van der Waals surface area (Å²) in [5, 5.41) is 2.19. The van der Waals surface area contributed by atoms with E-state index in [1.807, 2.05) is 6.92 Å². The summed E-state index contributed by atoms with van der Waals surface area (Å²) in [5.74, 6) is 0.517. The molecule has 106 valence electrons. The van der Waals surface area contributed by atoms with Crippen LogP contribution in [-0.2, 0) is 4.79 Å². The second-order valence-electron chi connectivity index (χ2n) is 3.82. The van der Waals surface area contributed by atoms with E-state index in [9.17, 15) is 9.59 Å². The van der Waals surface area contributed by atoms with Crippen LogP contribution in [0.2, 0.25) is 5.02 Å². The average Bonchev–Trinajstić information content (AvgIpc) is 2.70. The monoisotopic (exact) mass is 313 g/mol. The summed E-state index contributed by atoms with van der Waals surface area (Å²) in [5.41, 5.74) is 0.655. The van der Waals surface area contributed by atoms with Gasteiger partial charge in [-0.05, 0) is 42.5 Å². The van der Waals surface area contributed by atoms with Gasteiger partial charge < -0.3 is 9.47 Å². The van der Waals surface area contributed by atoms with Gasteiger partial charge in [-0.1, -0.05) is 11.6 Å². The molecular weight excluding hydrogens is 302 g/mol. The van der Waals surface area contributed by atoms with E-state index < -0.39 is 5.91 Å². The first-order valence-corrected chi connectivity index (χ1v) is 6.99. The fraction of sp³-hybridized carbons (Fsp3) is 0.231. The van der Waals surface area contributed by atoms with E-state index in [4.69, 9.17) is 21.1 Å². The van der Waals surface area contributed by atoms with Crippen molar-refractivity contribution in [3.05, 3.63) is 27.6 Å². The zero-order chi connectivity index (χ0) is 14.7. The van der Waals surface area contributed by atoms with Crippen molar-refractivity contribution in [3.8, 4) is 11.5 Å². The summed E-state index contributed by atoms with van der Waals surface area (Å²) < 4.78 is 10.6. The molecule has 2 rings (SSSR count). The van der Waals surface area contributed by atoms with Gasteiger partial charge in [-0.3, -0.25) is 14.9 Å². The Balaban J connectivity index is 2.39. The van der Waals surface area contributed by atoms with E-state index in [1.54, 1.807) is 18.2 Å². The van der Waals surface area contributed by atoms with Gasteiger partial charge in [-0.15, -0.1) is 0 Å². The highest BCUT2D eigenvalue weighted by Gasteiger charge is 2.25. The van der Waals surface area contributed by atoms with Gasteiger partial charge in [0.15, 0.2) is 11.5 Å². The fourth-order valence-corrected chi connectivity index (χ4v) is 2.64. The minimum Gasteiger partial charge on any atom is -0.493 e. The molecule has 7 heteroatoms. The van der Waals surface area contributed by atoms with Crippen LogP contribution in [-0.4, -0.2) is 24.9 Å². The summed E-state index contributed by atoms with van der Waals surface area (Å²) in [6.07, 6.45) is 1.58. The third kappa shape index (κ3) is 3.08. The molecule has 1 fully saturated rings. The van der Waals surface area contributed by atoms with E-state index in [1.165, 1.54) is 7.11 Å². The maximum absolute atomic E-state index is 11.5. The molecule has 1 saturated heterocycles. The standard InChI is InChI=1S/C13H12ClNO4S/c1-3-19-11-8(14)4-7(5-9(11)18-2)6-10-12(16)15-13(17)20-10/h4-6H,3H2,1-2H3,(H,15,16,17)/b10-6-. The molecule has 5 nitrogen and oxygen atoms in total. The van der Waals surface area contributed by atoms with Crippen molar-refractivity contribution in [2.75, 3.05) is 13.7 Å². The van der Waals surface area contributed by atoms with E-state index in [0.29, 0.717) is 33.6 Å². The number of thioether (sulfide) groups is 1. The van der Waals surface area contributed by atoms with E-state index in [-0.39, 0.29) is 5.24 Å². The van der Waals surface area contributed by atoms with Crippen LogP contribution in [0.15, 0.2) is 17.0 Å². The minimum absolute atomic E-state index is 0.317. The Kier molecular flexibility index (Phi) is 4.57. The lowest BCUT2D eigenvalue weighted by atomic mass is 10.2. The molecule has 0 aromatic heterocycles. The molecule has 0 unspecified atom stereocenters. The number of hydrogen-bond acceptors (Lipinski definition) is 5. The quantitative estimate of drug-likeness (QED) is 0.865. The predicted molar refractivity (Wildman–Crippen MR) is 78.3 cm³/mol. The van der Waals surface area contributed by atoms with Crippen molar-refractivity contribution in [3.63, 3.8) is 0 Å². The molecule has 2 amide bonds. The number of rotatable bonds is 4. The Bertz CT molecular complexity index is 600. The number of halogens is 1. The zero-order valence-corrected chi connectivity index (χ0v) is 12.4. The minimum atomic E-state index is -0.413. The highest BCUT2D eigenvalue weighted by Crippen LogP contribution is 2.37. The molecule has 0 aliphatic carbocycles. The third-order valence-corrected chi connectivity index (χ3v) is 3.57. The summed E-state index contributed by atoms with van der Waals surface area (Å²) in [7, 11) is 1.51. The van der Waals surface area contributed by atoms with E-state index in [2.05, 4.69) is 5.32 Å². The smallest absolute Gasteiger partial charge is 0.290 e. The first kappa shape index (κ1) is 14.7. The first-order valence-electron chi connectivity index (χ1n) is 5.80. The number of methoxy groups -OCH3 is 1. The second-order valence-corrected chi connectivity index (χ2v) is 5.24. The summed E-state index contributed by atoms with van der Waals surface area (Å²) in [6, 6.07) is 3.35. The maximum atomic E-state index is 11.5. The number of amides is 2. The number of carbonyl (C=O) groups excluding carboxylic acids is 2. The van der Waals surface area contributed by atoms with Crippen LogP contribution in [0.3, 0.4) is 0 Å². The average molecular weight is 314 g/mol. The summed E-state index contributed by atoms with van der Waals surface area (Å²) in [4.78, 5) is 22.9. The lowest BCUT2D eigenvalue weighted by Crippen LogP contribution is -2.17. The Hall–Kier alpha value is -1.66. The van der Waals surface area contributed by atoms with Crippen molar-refractivity contribution < 1.29 is 19.1 Å². The lowest BCUT2D eigenvalue weighted by Gasteiger charge is -2.12. The number of nitrogens with one attached hydrogen (secondary N) is 1. The second kappa shape index (κ2) is 6.19. The number of benzene rings is 1. The Morgan fingerprint density at radius 1 is 1.40 bits per heavy atom. The van der Waals surface area contributed by atoms with Crippen LogP contribution in [0.1, 0.15) is 12.5 Å². The van der Waals surface area contributed by atoms with Crippen molar-refractivity contribution in [1.82, 2.24) is 5.32 Å². The van der Waals surface area contributed by atoms with Gasteiger partial charge in [0.25, 0.3) is 11.1 Å². The molecule has 20 heavy (non-hydrogen) atoms. The zero-order valence-electron chi connectivity index (χ0n) is 10.9. The van der Waals surface area contributed by atoms with Gasteiger partial charge >= 0.3 is 0 Å². The van der Waals surface area contributed by atoms with Crippen molar-refractivity contribution in [2.45, 2.75) is 6.92 Å². The Morgan fingerprint density at radius 2 is 2.15 bits per heavy atom. The van der Waals surface area contributed by atoms with Crippen LogP contribution in [0.25, 0.3) is 6.08 Å². The third-order valence-electron chi connectivity index (χ3n) is 2.48. The highest BCUT2D eigenvalue weighted by atomic mass is 35.5. The molecule has 1 aromatic rings. The molecule has 1 aromatic carbocycles. The lowest BCUT2D eigenvalue weighted by molar-refractivity contribution is -0.115. The molecule has 0 bridgehead atoms. The van der Waals surface area contributed by atoms with Gasteiger partial charge in [0.05, 0.1) is 23.6 Å². The first-order chi connectivity index (χ1) is 9.55.